The van der Waals surface area contributed by atoms with Gasteiger partial charge >= 0.3 is 0 Å². The molecule has 0 aromatic carbocycles. The Morgan fingerprint density at radius 2 is 2.14 bits per heavy atom. The third-order valence-electron chi connectivity index (χ3n) is 0.888. The molecule has 0 aromatic heterocycles. The predicted octanol–water partition coefficient (Wildman–Crippen LogP) is 2.79. The van der Waals surface area contributed by atoms with Crippen LogP contribution < -0.4 is 0 Å². The molecule has 2 unspecified atom stereocenters. The second kappa shape index (κ2) is 3.73. The molecule has 0 radical (unpaired) electrons. The Hall–Kier alpha value is 0.770. The molecular weight excluding hydrogens is 175 g/mol. The molecule has 44 valence electrons. The summed E-state index contributed by atoms with van der Waals surface area (Å²) in [7, 11) is 0. The van der Waals surface area contributed by atoms with Gasteiger partial charge in [-0.05, 0) is 13.3 Å². The minimum absolute atomic E-state index is 0.255. The number of hydrogen-bond donors (Lipinski definition) is 0. The molecule has 0 spiro atoms. The van der Waals surface area contributed by atoms with Gasteiger partial charge in [0, 0.05) is 10.2 Å². The summed E-state index contributed by atoms with van der Waals surface area (Å²) < 4.78 is 0. The van der Waals surface area contributed by atoms with Gasteiger partial charge in [0.05, 0.1) is 0 Å². The lowest BCUT2D eigenvalue weighted by Gasteiger charge is -2.06. The number of alkyl halides is 2. The molecule has 0 heterocycles. The zero-order chi connectivity index (χ0) is 5.86. The molecule has 0 bridgehead atoms. The molecule has 0 aliphatic heterocycles. The van der Waals surface area contributed by atoms with Crippen molar-refractivity contribution in [1.82, 2.24) is 0 Å². The quantitative estimate of drug-likeness (QED) is 0.581. The Kier molecular flexibility index (Phi) is 4.14. The van der Waals surface area contributed by atoms with Crippen molar-refractivity contribution in [2.24, 2.45) is 0 Å². The summed E-state index contributed by atoms with van der Waals surface area (Å²) in [6.07, 6.45) is 1.10. The van der Waals surface area contributed by atoms with Crippen LogP contribution in [0.3, 0.4) is 0 Å². The smallest absolute Gasteiger partial charge is 0.0432 e. The van der Waals surface area contributed by atoms with Gasteiger partial charge in [0.25, 0.3) is 0 Å². The van der Waals surface area contributed by atoms with E-state index in [4.69, 9.17) is 11.6 Å². The summed E-state index contributed by atoms with van der Waals surface area (Å²) in [6, 6.07) is 0. The normalized spacial score (nSPS) is 18.9. The second-order valence-electron chi connectivity index (χ2n) is 1.60. The van der Waals surface area contributed by atoms with Gasteiger partial charge < -0.3 is 0 Å². The minimum atomic E-state index is 0.255. The van der Waals surface area contributed by atoms with Crippen LogP contribution in [0.5, 0.6) is 0 Å². The molecule has 0 nitrogen and oxygen atoms in total. The van der Waals surface area contributed by atoms with Crippen LogP contribution >= 0.6 is 27.5 Å². The third kappa shape index (κ3) is 3.36. The first kappa shape index (κ1) is 7.77. The Balaban J connectivity index is 3.14. The fraction of sp³-hybridized carbons (Fsp3) is 1.00. The van der Waals surface area contributed by atoms with E-state index in [1.165, 1.54) is 0 Å². The highest BCUT2D eigenvalue weighted by Crippen LogP contribution is 2.13. The fourth-order valence-electron chi connectivity index (χ4n) is 0.325. The highest BCUT2D eigenvalue weighted by atomic mass is 79.9. The van der Waals surface area contributed by atoms with Gasteiger partial charge in [-0.1, -0.05) is 22.9 Å². The van der Waals surface area contributed by atoms with E-state index in [0.717, 1.165) is 6.42 Å². The van der Waals surface area contributed by atoms with E-state index < -0.39 is 0 Å². The largest absolute Gasteiger partial charge is 0.122 e. The van der Waals surface area contributed by atoms with Crippen molar-refractivity contribution >= 4 is 27.5 Å². The average Bonchev–Trinajstić information content (AvgIpc) is 1.65. The molecule has 0 aliphatic carbocycles. The SMILES string of the molecule is CCC(Br)C(C)Cl. The Labute approximate surface area is 58.4 Å². The third-order valence-corrected chi connectivity index (χ3v) is 2.94. The monoisotopic (exact) mass is 184 g/mol. The first-order valence-electron chi connectivity index (χ1n) is 2.46. The molecule has 0 aromatic rings. The highest BCUT2D eigenvalue weighted by Gasteiger charge is 2.05. The maximum atomic E-state index is 5.68. The van der Waals surface area contributed by atoms with Crippen molar-refractivity contribution in [2.45, 2.75) is 30.5 Å². The molecule has 0 N–H and O–H groups in total. The van der Waals surface area contributed by atoms with E-state index in [9.17, 15) is 0 Å². The van der Waals surface area contributed by atoms with Gasteiger partial charge in [-0.2, -0.15) is 0 Å². The van der Waals surface area contributed by atoms with E-state index in [1.807, 2.05) is 6.92 Å². The van der Waals surface area contributed by atoms with Gasteiger partial charge in [-0.3, -0.25) is 0 Å². The van der Waals surface area contributed by atoms with Crippen LogP contribution in [0, 0.1) is 0 Å². The molecule has 2 atom stereocenters. The molecule has 0 amide bonds. The van der Waals surface area contributed by atoms with Gasteiger partial charge in [0.15, 0.2) is 0 Å². The van der Waals surface area contributed by atoms with E-state index in [1.54, 1.807) is 0 Å². The average molecular weight is 185 g/mol. The molecule has 0 saturated carbocycles. The van der Waals surface area contributed by atoms with Crippen molar-refractivity contribution in [3.63, 3.8) is 0 Å². The van der Waals surface area contributed by atoms with Crippen LogP contribution in [-0.4, -0.2) is 10.2 Å². The highest BCUT2D eigenvalue weighted by molar-refractivity contribution is 9.09. The molecule has 0 saturated heterocycles. The molecular formula is C5H10BrCl. The lowest BCUT2D eigenvalue weighted by Crippen LogP contribution is -2.07. The number of rotatable bonds is 2. The molecule has 7 heavy (non-hydrogen) atoms. The van der Waals surface area contributed by atoms with Gasteiger partial charge in [-0.15, -0.1) is 11.6 Å². The predicted molar refractivity (Wildman–Crippen MR) is 38.3 cm³/mol. The summed E-state index contributed by atoms with van der Waals surface area (Å²) in [4.78, 5) is 0.481. The Morgan fingerprint density at radius 1 is 1.71 bits per heavy atom. The zero-order valence-electron chi connectivity index (χ0n) is 4.62. The molecule has 0 rings (SSSR count). The van der Waals surface area contributed by atoms with Crippen molar-refractivity contribution in [3.8, 4) is 0 Å². The van der Waals surface area contributed by atoms with E-state index in [0.29, 0.717) is 4.83 Å². The minimum Gasteiger partial charge on any atom is -0.122 e. The van der Waals surface area contributed by atoms with E-state index in [-0.39, 0.29) is 5.38 Å². The summed E-state index contributed by atoms with van der Waals surface area (Å²) >= 11 is 9.09. The maximum absolute atomic E-state index is 5.68. The van der Waals surface area contributed by atoms with Gasteiger partial charge in [-0.25, -0.2) is 0 Å². The van der Waals surface area contributed by atoms with Crippen LogP contribution in [0.1, 0.15) is 20.3 Å². The topological polar surface area (TPSA) is 0 Å². The Morgan fingerprint density at radius 3 is 2.14 bits per heavy atom. The van der Waals surface area contributed by atoms with Crippen molar-refractivity contribution < 1.29 is 0 Å². The summed E-state index contributed by atoms with van der Waals surface area (Å²) in [5.41, 5.74) is 0. The Bertz CT molecular complexity index is 45.3. The van der Waals surface area contributed by atoms with Crippen molar-refractivity contribution in [3.05, 3.63) is 0 Å². The van der Waals surface area contributed by atoms with E-state index >= 15 is 0 Å². The number of halogens is 2. The summed E-state index contributed by atoms with van der Waals surface area (Å²) in [5.74, 6) is 0. The lowest BCUT2D eigenvalue weighted by molar-refractivity contribution is 0.813. The summed E-state index contributed by atoms with van der Waals surface area (Å²) in [6.45, 7) is 4.10. The fourth-order valence-corrected chi connectivity index (χ4v) is 0.503. The molecule has 2 heteroatoms. The van der Waals surface area contributed by atoms with Gasteiger partial charge in [0.1, 0.15) is 0 Å². The van der Waals surface area contributed by atoms with Crippen LogP contribution in [0.15, 0.2) is 0 Å². The van der Waals surface area contributed by atoms with E-state index in [2.05, 4.69) is 22.9 Å². The molecule has 0 aliphatic rings. The van der Waals surface area contributed by atoms with Crippen LogP contribution in [0.4, 0.5) is 0 Å². The lowest BCUT2D eigenvalue weighted by atomic mass is 10.3. The van der Waals surface area contributed by atoms with Crippen molar-refractivity contribution in [1.29, 1.82) is 0 Å². The zero-order valence-corrected chi connectivity index (χ0v) is 6.96. The van der Waals surface area contributed by atoms with Gasteiger partial charge in [0.2, 0.25) is 0 Å². The standard InChI is InChI=1S/C5H10BrCl/c1-3-5(6)4(2)7/h4-5H,3H2,1-2H3. The first-order valence-corrected chi connectivity index (χ1v) is 3.81. The second-order valence-corrected chi connectivity index (χ2v) is 3.47. The van der Waals surface area contributed by atoms with Crippen LogP contribution in [0.25, 0.3) is 0 Å². The molecule has 0 fully saturated rings. The maximum Gasteiger partial charge on any atom is 0.0432 e. The van der Waals surface area contributed by atoms with Crippen LogP contribution in [0.2, 0.25) is 0 Å². The van der Waals surface area contributed by atoms with Crippen molar-refractivity contribution in [2.75, 3.05) is 0 Å². The number of hydrogen-bond acceptors (Lipinski definition) is 0. The van der Waals surface area contributed by atoms with Crippen LogP contribution in [-0.2, 0) is 0 Å². The summed E-state index contributed by atoms with van der Waals surface area (Å²) in [5, 5.41) is 0.255. The first-order chi connectivity index (χ1) is 3.18.